The largest absolute Gasteiger partial charge is 0.497 e. The lowest BCUT2D eigenvalue weighted by atomic mass is 9.95. The van der Waals surface area contributed by atoms with Gasteiger partial charge in [-0.3, -0.25) is 0 Å². The molecule has 1 atom stereocenters. The molecule has 1 unspecified atom stereocenters. The second kappa shape index (κ2) is 5.94. The van der Waals surface area contributed by atoms with Gasteiger partial charge in [0.05, 0.1) is 13.2 Å². The zero-order valence-electron chi connectivity index (χ0n) is 12.8. The highest BCUT2D eigenvalue weighted by molar-refractivity contribution is 5.32. The van der Waals surface area contributed by atoms with E-state index in [0.29, 0.717) is 0 Å². The monoisotopic (exact) mass is 285 g/mol. The van der Waals surface area contributed by atoms with Crippen molar-refractivity contribution in [2.45, 2.75) is 45.3 Å². The molecule has 1 aromatic heterocycles. The van der Waals surface area contributed by atoms with Gasteiger partial charge in [0.25, 0.3) is 0 Å². The molecule has 112 valence electrons. The summed E-state index contributed by atoms with van der Waals surface area (Å²) in [5, 5.41) is 10.1. The molecule has 0 saturated carbocycles. The third-order valence-corrected chi connectivity index (χ3v) is 4.46. The van der Waals surface area contributed by atoms with Gasteiger partial charge in [0, 0.05) is 23.5 Å². The molecule has 0 spiro atoms. The topological polar surface area (TPSA) is 34.4 Å². The highest BCUT2D eigenvalue weighted by Crippen LogP contribution is 2.32. The fourth-order valence-electron chi connectivity index (χ4n) is 3.32. The first-order chi connectivity index (χ1) is 10.2. The predicted molar refractivity (Wildman–Crippen MR) is 83.8 cm³/mol. The molecule has 21 heavy (non-hydrogen) atoms. The van der Waals surface area contributed by atoms with Crippen LogP contribution in [0.3, 0.4) is 0 Å². The third-order valence-electron chi connectivity index (χ3n) is 4.46. The molecule has 1 N–H and O–H groups in total. The Hall–Kier alpha value is -1.74. The Morgan fingerprint density at radius 1 is 1.33 bits per heavy atom. The van der Waals surface area contributed by atoms with E-state index in [2.05, 4.69) is 29.7 Å². The van der Waals surface area contributed by atoms with Gasteiger partial charge < -0.3 is 14.4 Å². The lowest BCUT2D eigenvalue weighted by molar-refractivity contribution is 0.155. The standard InChI is InChI=1S/C18H23NO2/c1-13-11-16-17(7-4-8-18(16)20)19(13)10-9-14-5-3-6-15(12-14)21-2/h3,5-6,11-12,18,20H,4,7-10H2,1-2H3. The minimum atomic E-state index is -0.273. The van der Waals surface area contributed by atoms with E-state index < -0.39 is 0 Å². The van der Waals surface area contributed by atoms with Crippen LogP contribution in [-0.4, -0.2) is 16.8 Å². The first-order valence-corrected chi connectivity index (χ1v) is 7.69. The minimum absolute atomic E-state index is 0.273. The molecular weight excluding hydrogens is 262 g/mol. The SMILES string of the molecule is COc1cccc(CCn2c(C)cc3c2CCCC3O)c1. The first-order valence-electron chi connectivity index (χ1n) is 7.69. The number of rotatable bonds is 4. The van der Waals surface area contributed by atoms with Crippen LogP contribution in [0.4, 0.5) is 0 Å². The maximum Gasteiger partial charge on any atom is 0.119 e. The maximum atomic E-state index is 10.1. The number of ether oxygens (including phenoxy) is 1. The van der Waals surface area contributed by atoms with E-state index in [-0.39, 0.29) is 6.10 Å². The van der Waals surface area contributed by atoms with Crippen molar-refractivity contribution in [3.63, 3.8) is 0 Å². The summed E-state index contributed by atoms with van der Waals surface area (Å²) in [5.41, 5.74) is 5.01. The Bertz CT molecular complexity index is 630. The molecule has 1 aliphatic carbocycles. The Balaban J connectivity index is 1.79. The molecule has 3 nitrogen and oxygen atoms in total. The summed E-state index contributed by atoms with van der Waals surface area (Å²) in [6.45, 7) is 3.09. The summed E-state index contributed by atoms with van der Waals surface area (Å²) >= 11 is 0. The van der Waals surface area contributed by atoms with E-state index in [9.17, 15) is 5.11 Å². The fraction of sp³-hybridized carbons (Fsp3) is 0.444. The first kappa shape index (κ1) is 14.2. The van der Waals surface area contributed by atoms with Gasteiger partial charge in [-0.2, -0.15) is 0 Å². The number of aromatic nitrogens is 1. The summed E-state index contributed by atoms with van der Waals surface area (Å²) in [4.78, 5) is 0. The van der Waals surface area contributed by atoms with Gasteiger partial charge in [-0.15, -0.1) is 0 Å². The van der Waals surface area contributed by atoms with E-state index in [4.69, 9.17) is 4.74 Å². The summed E-state index contributed by atoms with van der Waals surface area (Å²) < 4.78 is 7.65. The lowest BCUT2D eigenvalue weighted by Gasteiger charge is -2.20. The molecule has 0 saturated heterocycles. The van der Waals surface area contributed by atoms with Crippen molar-refractivity contribution >= 4 is 0 Å². The van der Waals surface area contributed by atoms with Crippen LogP contribution in [-0.2, 0) is 19.4 Å². The number of benzene rings is 1. The molecule has 1 aliphatic rings. The summed E-state index contributed by atoms with van der Waals surface area (Å²) in [6.07, 6.45) is 3.77. The van der Waals surface area contributed by atoms with Crippen LogP contribution >= 0.6 is 0 Å². The average molecular weight is 285 g/mol. The molecule has 0 aliphatic heterocycles. The van der Waals surface area contributed by atoms with Crippen molar-refractivity contribution in [3.05, 3.63) is 52.8 Å². The van der Waals surface area contributed by atoms with E-state index in [1.165, 1.54) is 17.0 Å². The molecule has 3 heteroatoms. The van der Waals surface area contributed by atoms with Crippen LogP contribution in [0, 0.1) is 6.92 Å². The number of fused-ring (bicyclic) bond motifs is 1. The zero-order valence-corrected chi connectivity index (χ0v) is 12.8. The minimum Gasteiger partial charge on any atom is -0.497 e. The van der Waals surface area contributed by atoms with Gasteiger partial charge >= 0.3 is 0 Å². The molecular formula is C18H23NO2. The Morgan fingerprint density at radius 2 is 2.19 bits per heavy atom. The molecule has 0 amide bonds. The predicted octanol–water partition coefficient (Wildman–Crippen LogP) is 3.42. The van der Waals surface area contributed by atoms with Gasteiger partial charge in [0.1, 0.15) is 5.75 Å². The Morgan fingerprint density at radius 3 is 3.00 bits per heavy atom. The normalized spacial score (nSPS) is 17.6. The number of aryl methyl sites for hydroxylation is 2. The highest BCUT2D eigenvalue weighted by Gasteiger charge is 2.22. The summed E-state index contributed by atoms with van der Waals surface area (Å²) in [7, 11) is 1.70. The number of nitrogens with zero attached hydrogens (tertiary/aromatic N) is 1. The van der Waals surface area contributed by atoms with Gasteiger partial charge in [-0.25, -0.2) is 0 Å². The quantitative estimate of drug-likeness (QED) is 0.934. The van der Waals surface area contributed by atoms with Crippen LogP contribution in [0.2, 0.25) is 0 Å². The zero-order chi connectivity index (χ0) is 14.8. The van der Waals surface area contributed by atoms with Gasteiger partial charge in [0.2, 0.25) is 0 Å². The number of hydrogen-bond donors (Lipinski definition) is 1. The number of aliphatic hydroxyl groups excluding tert-OH is 1. The van der Waals surface area contributed by atoms with E-state index in [0.717, 1.165) is 43.5 Å². The van der Waals surface area contributed by atoms with Gasteiger partial charge in [0.15, 0.2) is 0 Å². The van der Waals surface area contributed by atoms with E-state index in [1.807, 2.05) is 12.1 Å². The van der Waals surface area contributed by atoms with Crippen LogP contribution in [0.1, 0.15) is 41.5 Å². The van der Waals surface area contributed by atoms with Gasteiger partial charge in [-0.1, -0.05) is 12.1 Å². The van der Waals surface area contributed by atoms with Crippen LogP contribution < -0.4 is 4.74 Å². The fourth-order valence-corrected chi connectivity index (χ4v) is 3.32. The van der Waals surface area contributed by atoms with Crippen LogP contribution in [0.25, 0.3) is 0 Å². The van der Waals surface area contributed by atoms with Crippen molar-refractivity contribution in [1.29, 1.82) is 0 Å². The van der Waals surface area contributed by atoms with Crippen molar-refractivity contribution in [1.82, 2.24) is 4.57 Å². The molecule has 3 rings (SSSR count). The van der Waals surface area contributed by atoms with Crippen molar-refractivity contribution < 1.29 is 9.84 Å². The van der Waals surface area contributed by atoms with E-state index >= 15 is 0 Å². The summed E-state index contributed by atoms with van der Waals surface area (Å²) in [5.74, 6) is 0.911. The van der Waals surface area contributed by atoms with Crippen molar-refractivity contribution in [2.75, 3.05) is 7.11 Å². The highest BCUT2D eigenvalue weighted by atomic mass is 16.5. The van der Waals surface area contributed by atoms with Gasteiger partial charge in [-0.05, 0) is 56.4 Å². The van der Waals surface area contributed by atoms with Crippen molar-refractivity contribution in [2.24, 2.45) is 0 Å². The van der Waals surface area contributed by atoms with Crippen molar-refractivity contribution in [3.8, 4) is 5.75 Å². The maximum absolute atomic E-state index is 10.1. The molecule has 2 aromatic rings. The average Bonchev–Trinajstić information content (AvgIpc) is 2.83. The molecule has 0 radical (unpaired) electrons. The summed E-state index contributed by atoms with van der Waals surface area (Å²) in [6, 6.07) is 10.4. The lowest BCUT2D eigenvalue weighted by Crippen LogP contribution is -2.13. The molecule has 0 bridgehead atoms. The molecule has 1 heterocycles. The Labute approximate surface area is 126 Å². The van der Waals surface area contributed by atoms with E-state index in [1.54, 1.807) is 7.11 Å². The number of hydrogen-bond acceptors (Lipinski definition) is 2. The number of aliphatic hydroxyl groups is 1. The number of methoxy groups -OCH3 is 1. The van der Waals surface area contributed by atoms with Crippen LogP contribution in [0.15, 0.2) is 30.3 Å². The molecule has 1 aromatic carbocycles. The smallest absolute Gasteiger partial charge is 0.119 e. The Kier molecular flexibility index (Phi) is 4.02. The van der Waals surface area contributed by atoms with Crippen LogP contribution in [0.5, 0.6) is 5.75 Å². The molecule has 0 fully saturated rings. The second-order valence-corrected chi connectivity index (χ2v) is 5.85. The third kappa shape index (κ3) is 2.84. The second-order valence-electron chi connectivity index (χ2n) is 5.85.